The molecule has 0 amide bonds. The van der Waals surface area contributed by atoms with Crippen LogP contribution in [-0.2, 0) is 0 Å². The Morgan fingerprint density at radius 2 is 2.08 bits per heavy atom. The van der Waals surface area contributed by atoms with Crippen molar-refractivity contribution in [2.75, 3.05) is 0 Å². The molecule has 0 fully saturated rings. The summed E-state index contributed by atoms with van der Waals surface area (Å²) >= 11 is 0.753. The molecule has 0 bridgehead atoms. The summed E-state index contributed by atoms with van der Waals surface area (Å²) in [4.78, 5) is 0.156. The predicted octanol–water partition coefficient (Wildman–Crippen LogP) is 1.95. The average Bonchev–Trinajstić information content (AvgIpc) is 1.94. The summed E-state index contributed by atoms with van der Waals surface area (Å²) in [6.45, 7) is 0. The van der Waals surface area contributed by atoms with E-state index in [1.807, 2.05) is 0 Å². The van der Waals surface area contributed by atoms with E-state index in [4.69, 9.17) is 11.1 Å². The van der Waals surface area contributed by atoms with E-state index in [1.54, 1.807) is 0 Å². The fourth-order valence-corrected chi connectivity index (χ4v) is 1.21. The van der Waals surface area contributed by atoms with Crippen LogP contribution in [0.4, 0.5) is 8.78 Å². The second kappa shape index (κ2) is 3.53. The van der Waals surface area contributed by atoms with E-state index in [0.717, 1.165) is 23.9 Å². The van der Waals surface area contributed by atoms with Gasteiger partial charge in [-0.2, -0.15) is 0 Å². The molecule has 0 heterocycles. The number of nitrogens with two attached hydrogens (primary N) is 1. The van der Waals surface area contributed by atoms with Gasteiger partial charge in [0.1, 0.15) is 11.6 Å². The van der Waals surface area contributed by atoms with Crippen molar-refractivity contribution in [1.82, 2.24) is 0 Å². The highest BCUT2D eigenvalue weighted by molar-refractivity contribution is 8.13. The van der Waals surface area contributed by atoms with E-state index in [1.165, 1.54) is 6.07 Å². The van der Waals surface area contributed by atoms with Gasteiger partial charge in [-0.1, -0.05) is 0 Å². The molecule has 1 aromatic carbocycles. The van der Waals surface area contributed by atoms with Crippen LogP contribution in [-0.4, -0.2) is 5.17 Å². The Hall–Kier alpha value is -1.10. The van der Waals surface area contributed by atoms with Crippen molar-refractivity contribution in [2.45, 2.75) is 4.90 Å². The summed E-state index contributed by atoms with van der Waals surface area (Å²) in [5.74, 6) is -1.34. The molecule has 0 aliphatic carbocycles. The molecule has 0 saturated carbocycles. The van der Waals surface area contributed by atoms with Crippen LogP contribution in [0.5, 0.6) is 0 Å². The Balaban J connectivity index is 2.93. The van der Waals surface area contributed by atoms with Gasteiger partial charge in [-0.05, 0) is 23.9 Å². The van der Waals surface area contributed by atoms with Crippen LogP contribution in [0.15, 0.2) is 23.1 Å². The quantitative estimate of drug-likeness (QED) is 0.402. The summed E-state index contributed by atoms with van der Waals surface area (Å²) < 4.78 is 25.1. The lowest BCUT2D eigenvalue weighted by molar-refractivity contribution is 0.566. The zero-order chi connectivity index (χ0) is 9.14. The van der Waals surface area contributed by atoms with Gasteiger partial charge in [0, 0.05) is 6.07 Å². The number of hydrogen-bond acceptors (Lipinski definition) is 2. The Labute approximate surface area is 72.3 Å². The lowest BCUT2D eigenvalue weighted by Gasteiger charge is -1.99. The highest BCUT2D eigenvalue weighted by Crippen LogP contribution is 2.21. The van der Waals surface area contributed by atoms with E-state index >= 15 is 0 Å². The number of halogens is 2. The molecule has 64 valence electrons. The molecule has 1 aromatic rings. The number of thioether (sulfide) groups is 1. The monoisotopic (exact) mass is 188 g/mol. The van der Waals surface area contributed by atoms with Gasteiger partial charge in [0.25, 0.3) is 0 Å². The first-order valence-electron chi connectivity index (χ1n) is 3.06. The molecule has 5 heteroatoms. The highest BCUT2D eigenvalue weighted by atomic mass is 32.2. The summed E-state index contributed by atoms with van der Waals surface area (Å²) in [5.41, 5.74) is 5.02. The van der Waals surface area contributed by atoms with Gasteiger partial charge in [0.05, 0.1) is 4.90 Å². The van der Waals surface area contributed by atoms with Crippen LogP contribution in [0.3, 0.4) is 0 Å². The smallest absolute Gasteiger partial charge is 0.156 e. The largest absolute Gasteiger partial charge is 0.378 e. The van der Waals surface area contributed by atoms with E-state index in [-0.39, 0.29) is 10.1 Å². The Kier molecular flexibility index (Phi) is 2.65. The maximum absolute atomic E-state index is 12.8. The van der Waals surface area contributed by atoms with Crippen molar-refractivity contribution in [1.29, 1.82) is 5.41 Å². The van der Waals surface area contributed by atoms with Crippen LogP contribution in [0, 0.1) is 17.0 Å². The minimum Gasteiger partial charge on any atom is -0.378 e. The Morgan fingerprint density at radius 3 is 2.58 bits per heavy atom. The van der Waals surface area contributed by atoms with Crippen LogP contribution in [0.25, 0.3) is 0 Å². The van der Waals surface area contributed by atoms with Crippen molar-refractivity contribution in [3.05, 3.63) is 29.8 Å². The van der Waals surface area contributed by atoms with Crippen molar-refractivity contribution in [3.63, 3.8) is 0 Å². The molecule has 12 heavy (non-hydrogen) atoms. The lowest BCUT2D eigenvalue weighted by Crippen LogP contribution is -2.03. The number of hydrogen-bond donors (Lipinski definition) is 2. The summed E-state index contributed by atoms with van der Waals surface area (Å²) in [5, 5.41) is 6.64. The van der Waals surface area contributed by atoms with Crippen LogP contribution in [0.1, 0.15) is 0 Å². The van der Waals surface area contributed by atoms with Gasteiger partial charge >= 0.3 is 0 Å². The molecule has 0 aromatic heterocycles. The maximum atomic E-state index is 12.8. The van der Waals surface area contributed by atoms with E-state index < -0.39 is 11.6 Å². The topological polar surface area (TPSA) is 49.9 Å². The van der Waals surface area contributed by atoms with Gasteiger partial charge in [0.2, 0.25) is 0 Å². The Bertz CT molecular complexity index is 314. The summed E-state index contributed by atoms with van der Waals surface area (Å²) in [6.07, 6.45) is 0. The third kappa shape index (κ3) is 2.20. The molecule has 0 unspecified atom stereocenters. The zero-order valence-corrected chi connectivity index (χ0v) is 6.79. The molecule has 0 radical (unpaired) electrons. The molecule has 0 aliphatic rings. The maximum Gasteiger partial charge on any atom is 0.156 e. The highest BCUT2D eigenvalue weighted by Gasteiger charge is 2.04. The van der Waals surface area contributed by atoms with E-state index in [9.17, 15) is 8.78 Å². The number of benzene rings is 1. The minimum absolute atomic E-state index is 0.156. The molecule has 0 atom stereocenters. The van der Waals surface area contributed by atoms with Crippen LogP contribution < -0.4 is 5.73 Å². The number of amidine groups is 1. The lowest BCUT2D eigenvalue weighted by atomic mass is 10.3. The molecular weight excluding hydrogens is 182 g/mol. The zero-order valence-electron chi connectivity index (χ0n) is 5.97. The van der Waals surface area contributed by atoms with Gasteiger partial charge in [-0.3, -0.25) is 5.41 Å². The first-order chi connectivity index (χ1) is 5.59. The van der Waals surface area contributed by atoms with E-state index in [2.05, 4.69) is 0 Å². The fraction of sp³-hybridized carbons (Fsp3) is 0. The molecule has 3 N–H and O–H groups in total. The number of nitrogens with one attached hydrogen (secondary N) is 1. The second-order valence-corrected chi connectivity index (χ2v) is 3.12. The fourth-order valence-electron chi connectivity index (χ4n) is 0.676. The normalized spacial score (nSPS) is 9.83. The molecule has 0 aliphatic heterocycles. The van der Waals surface area contributed by atoms with Crippen molar-refractivity contribution in [3.8, 4) is 0 Å². The summed E-state index contributed by atoms with van der Waals surface area (Å²) in [6, 6.07) is 3.12. The van der Waals surface area contributed by atoms with Crippen molar-refractivity contribution >= 4 is 16.9 Å². The average molecular weight is 188 g/mol. The Morgan fingerprint density at radius 1 is 1.42 bits per heavy atom. The van der Waals surface area contributed by atoms with Crippen LogP contribution >= 0.6 is 11.8 Å². The first kappa shape index (κ1) is 8.99. The molecule has 0 spiro atoms. The third-order valence-corrected chi connectivity index (χ3v) is 1.88. The summed E-state index contributed by atoms with van der Waals surface area (Å²) in [7, 11) is 0. The second-order valence-electron chi connectivity index (χ2n) is 2.04. The SMILES string of the molecule is N=C(N)Sc1ccc(F)cc1F. The van der Waals surface area contributed by atoms with Gasteiger partial charge in [-0.15, -0.1) is 0 Å². The molecular formula is C7H6F2N2S. The standard InChI is InChI=1S/C7H6F2N2S/c8-4-1-2-6(5(9)3-4)12-7(10)11/h1-3H,(H3,10,11). The third-order valence-electron chi connectivity index (χ3n) is 1.11. The molecule has 1 rings (SSSR count). The van der Waals surface area contributed by atoms with Crippen molar-refractivity contribution < 1.29 is 8.78 Å². The minimum atomic E-state index is -0.699. The van der Waals surface area contributed by atoms with Crippen LogP contribution in [0.2, 0.25) is 0 Å². The van der Waals surface area contributed by atoms with Gasteiger partial charge < -0.3 is 5.73 Å². The van der Waals surface area contributed by atoms with Crippen molar-refractivity contribution in [2.24, 2.45) is 5.73 Å². The van der Waals surface area contributed by atoms with E-state index in [0.29, 0.717) is 0 Å². The molecule has 2 nitrogen and oxygen atoms in total. The van der Waals surface area contributed by atoms with Gasteiger partial charge in [-0.25, -0.2) is 8.78 Å². The molecule has 0 saturated heterocycles. The predicted molar refractivity (Wildman–Crippen MR) is 44.1 cm³/mol. The number of rotatable bonds is 1. The first-order valence-corrected chi connectivity index (χ1v) is 3.88. The van der Waals surface area contributed by atoms with Gasteiger partial charge in [0.15, 0.2) is 5.17 Å².